The second-order valence-electron chi connectivity index (χ2n) is 8.65. The lowest BCUT2D eigenvalue weighted by Crippen LogP contribution is -2.41. The van der Waals surface area contributed by atoms with Crippen LogP contribution >= 0.6 is 11.6 Å². The molecular formula is C24H24ClF3N4O3S. The van der Waals surface area contributed by atoms with E-state index in [4.69, 9.17) is 11.6 Å². The summed E-state index contributed by atoms with van der Waals surface area (Å²) in [5.74, 6) is -0.376. The summed E-state index contributed by atoms with van der Waals surface area (Å²) in [6.45, 7) is 2.26. The predicted molar refractivity (Wildman–Crippen MR) is 129 cm³/mol. The second kappa shape index (κ2) is 10.2. The molecular weight excluding hydrogens is 517 g/mol. The number of aromatic nitrogens is 2. The molecule has 7 nitrogen and oxygen atoms in total. The van der Waals surface area contributed by atoms with Gasteiger partial charge >= 0.3 is 6.18 Å². The first-order valence-corrected chi connectivity index (χ1v) is 13.0. The lowest BCUT2D eigenvalue weighted by molar-refractivity contribution is -0.137. The third-order valence-electron chi connectivity index (χ3n) is 6.10. The molecule has 2 aromatic carbocycles. The van der Waals surface area contributed by atoms with Gasteiger partial charge in [0.05, 0.1) is 17.0 Å². The number of piperidine rings is 1. The molecule has 1 aliphatic rings. The van der Waals surface area contributed by atoms with Crippen molar-refractivity contribution in [2.45, 2.75) is 37.4 Å². The second-order valence-corrected chi connectivity index (χ2v) is 11.0. The van der Waals surface area contributed by atoms with Crippen LogP contribution in [0, 0.1) is 12.8 Å². The van der Waals surface area contributed by atoms with Crippen molar-refractivity contribution in [1.29, 1.82) is 0 Å². The van der Waals surface area contributed by atoms with Crippen molar-refractivity contribution in [2.24, 2.45) is 5.92 Å². The molecule has 12 heteroatoms. The molecule has 4 rings (SSSR count). The molecule has 0 aliphatic carbocycles. The maximum Gasteiger partial charge on any atom is 0.416 e. The van der Waals surface area contributed by atoms with Crippen molar-refractivity contribution < 1.29 is 26.4 Å². The molecule has 0 saturated carbocycles. The van der Waals surface area contributed by atoms with Gasteiger partial charge in [0, 0.05) is 35.8 Å². The predicted octanol–water partition coefficient (Wildman–Crippen LogP) is 4.95. The molecule has 1 amide bonds. The monoisotopic (exact) mass is 540 g/mol. The van der Waals surface area contributed by atoms with Gasteiger partial charge in [0.2, 0.25) is 15.9 Å². The fourth-order valence-corrected chi connectivity index (χ4v) is 5.69. The largest absolute Gasteiger partial charge is 0.416 e. The molecule has 1 aliphatic heterocycles. The van der Waals surface area contributed by atoms with Crippen LogP contribution in [0.15, 0.2) is 59.5 Å². The third-order valence-corrected chi connectivity index (χ3v) is 8.26. The summed E-state index contributed by atoms with van der Waals surface area (Å²) in [4.78, 5) is 12.9. The van der Waals surface area contributed by atoms with Crippen LogP contribution in [0.25, 0.3) is 0 Å². The van der Waals surface area contributed by atoms with E-state index in [1.54, 1.807) is 19.1 Å². The van der Waals surface area contributed by atoms with Crippen LogP contribution in [0.2, 0.25) is 5.02 Å². The van der Waals surface area contributed by atoms with Crippen molar-refractivity contribution >= 4 is 33.3 Å². The minimum absolute atomic E-state index is 0.118. The normalized spacial score (nSPS) is 15.7. The number of benzene rings is 2. The van der Waals surface area contributed by atoms with Crippen LogP contribution in [-0.2, 0) is 27.5 Å². The number of halogens is 4. The number of rotatable bonds is 6. The Morgan fingerprint density at radius 2 is 1.78 bits per heavy atom. The van der Waals surface area contributed by atoms with E-state index in [9.17, 15) is 26.4 Å². The van der Waals surface area contributed by atoms with E-state index in [2.05, 4.69) is 10.4 Å². The van der Waals surface area contributed by atoms with E-state index in [-0.39, 0.29) is 30.4 Å². The average Bonchev–Trinajstić information content (AvgIpc) is 3.17. The molecule has 0 radical (unpaired) electrons. The molecule has 0 atom stereocenters. The quantitative estimate of drug-likeness (QED) is 0.479. The summed E-state index contributed by atoms with van der Waals surface area (Å²) in [7, 11) is -3.67. The number of nitrogens with zero attached hydrogens (tertiary/aromatic N) is 3. The number of amides is 1. The minimum Gasteiger partial charge on any atom is -0.309 e. The van der Waals surface area contributed by atoms with Crippen molar-refractivity contribution in [3.05, 3.63) is 76.4 Å². The van der Waals surface area contributed by atoms with Crippen molar-refractivity contribution in [2.75, 3.05) is 18.4 Å². The van der Waals surface area contributed by atoms with Gasteiger partial charge in [-0.05, 0) is 61.7 Å². The van der Waals surface area contributed by atoms with Gasteiger partial charge in [-0.2, -0.15) is 22.6 Å². The number of hydrogen-bond acceptors (Lipinski definition) is 4. The van der Waals surface area contributed by atoms with E-state index < -0.39 is 27.7 Å². The van der Waals surface area contributed by atoms with Gasteiger partial charge in [0.15, 0.2) is 5.82 Å². The standard InChI is InChI=1S/C24H24ClF3N4O3S/c1-16-13-22(30-32(16)15-17-3-2-4-19(14-17)24(26,27)28)29-23(33)18-9-11-31(12-10-18)36(34,35)21-7-5-20(25)6-8-21/h2-8,13-14,18H,9-12,15H2,1H3,(H,29,30,33). The van der Waals surface area contributed by atoms with E-state index in [1.807, 2.05) is 0 Å². The van der Waals surface area contributed by atoms with Crippen LogP contribution in [-0.4, -0.2) is 41.5 Å². The fraction of sp³-hybridized carbons (Fsp3) is 0.333. The zero-order valence-corrected chi connectivity index (χ0v) is 20.9. The first-order chi connectivity index (χ1) is 16.9. The molecule has 36 heavy (non-hydrogen) atoms. The van der Waals surface area contributed by atoms with E-state index in [0.717, 1.165) is 12.1 Å². The molecule has 192 valence electrons. The van der Waals surface area contributed by atoms with Gasteiger partial charge in [0.25, 0.3) is 0 Å². The Kier molecular flexibility index (Phi) is 7.44. The third kappa shape index (κ3) is 5.91. The van der Waals surface area contributed by atoms with Crippen molar-refractivity contribution in [3.8, 4) is 0 Å². The van der Waals surface area contributed by atoms with Crippen LogP contribution in [0.5, 0.6) is 0 Å². The van der Waals surface area contributed by atoms with Gasteiger partial charge < -0.3 is 5.32 Å². The molecule has 0 spiro atoms. The van der Waals surface area contributed by atoms with E-state index in [0.29, 0.717) is 34.9 Å². The number of nitrogens with one attached hydrogen (secondary N) is 1. The highest BCUT2D eigenvalue weighted by Gasteiger charge is 2.33. The summed E-state index contributed by atoms with van der Waals surface area (Å²) in [6.07, 6.45) is -3.73. The maximum absolute atomic E-state index is 13.0. The van der Waals surface area contributed by atoms with Crippen LogP contribution in [0.4, 0.5) is 19.0 Å². The Hall–Kier alpha value is -2.89. The van der Waals surface area contributed by atoms with Crippen LogP contribution in [0.3, 0.4) is 0 Å². The lowest BCUT2D eigenvalue weighted by Gasteiger charge is -2.30. The summed E-state index contributed by atoms with van der Waals surface area (Å²) in [6, 6.07) is 12.6. The lowest BCUT2D eigenvalue weighted by atomic mass is 9.97. The van der Waals surface area contributed by atoms with Crippen LogP contribution < -0.4 is 5.32 Å². The molecule has 0 unspecified atom stereocenters. The summed E-state index contributed by atoms with van der Waals surface area (Å²) < 4.78 is 67.5. The van der Waals surface area contributed by atoms with E-state index in [1.165, 1.54) is 39.3 Å². The molecule has 2 heterocycles. The molecule has 3 aromatic rings. The smallest absolute Gasteiger partial charge is 0.309 e. The summed E-state index contributed by atoms with van der Waals surface area (Å²) in [5, 5.41) is 7.51. The topological polar surface area (TPSA) is 84.3 Å². The van der Waals surface area contributed by atoms with Gasteiger partial charge in [-0.3, -0.25) is 9.48 Å². The first-order valence-electron chi connectivity index (χ1n) is 11.2. The van der Waals surface area contributed by atoms with E-state index >= 15 is 0 Å². The fourth-order valence-electron chi connectivity index (χ4n) is 4.09. The highest BCUT2D eigenvalue weighted by atomic mass is 35.5. The van der Waals surface area contributed by atoms with Gasteiger partial charge in [0.1, 0.15) is 0 Å². The number of aryl methyl sites for hydroxylation is 1. The van der Waals surface area contributed by atoms with Crippen molar-refractivity contribution in [1.82, 2.24) is 14.1 Å². The number of hydrogen-bond donors (Lipinski definition) is 1. The first kappa shape index (κ1) is 26.2. The number of carbonyl (C=O) groups is 1. The Labute approximate surface area is 211 Å². The van der Waals surface area contributed by atoms with Crippen LogP contribution in [0.1, 0.15) is 29.7 Å². The summed E-state index contributed by atoms with van der Waals surface area (Å²) in [5.41, 5.74) is 0.373. The zero-order valence-electron chi connectivity index (χ0n) is 19.3. The Morgan fingerprint density at radius 3 is 2.42 bits per heavy atom. The molecule has 1 N–H and O–H groups in total. The number of sulfonamides is 1. The number of anilines is 1. The molecule has 0 bridgehead atoms. The minimum atomic E-state index is -4.43. The molecule has 1 saturated heterocycles. The Bertz CT molecular complexity index is 1350. The molecule has 1 fully saturated rings. The average molecular weight is 541 g/mol. The maximum atomic E-state index is 13.0. The SMILES string of the molecule is Cc1cc(NC(=O)C2CCN(S(=O)(=O)c3ccc(Cl)cc3)CC2)nn1Cc1cccc(C(F)(F)F)c1. The van der Waals surface area contributed by atoms with Gasteiger partial charge in [-0.25, -0.2) is 8.42 Å². The van der Waals surface area contributed by atoms with Crippen molar-refractivity contribution in [3.63, 3.8) is 0 Å². The zero-order chi connectivity index (χ0) is 26.1. The number of alkyl halides is 3. The highest BCUT2D eigenvalue weighted by Crippen LogP contribution is 2.30. The number of carbonyl (C=O) groups excluding carboxylic acids is 1. The summed E-state index contributed by atoms with van der Waals surface area (Å²) >= 11 is 5.84. The van der Waals surface area contributed by atoms with Gasteiger partial charge in [-0.1, -0.05) is 23.7 Å². The molecule has 1 aromatic heterocycles. The highest BCUT2D eigenvalue weighted by molar-refractivity contribution is 7.89. The van der Waals surface area contributed by atoms with Gasteiger partial charge in [-0.15, -0.1) is 0 Å². The Morgan fingerprint density at radius 1 is 1.11 bits per heavy atom. The Balaban J connectivity index is 1.36.